The zero-order chi connectivity index (χ0) is 18.3. The summed E-state index contributed by atoms with van der Waals surface area (Å²) in [5.41, 5.74) is 0.671. The van der Waals surface area contributed by atoms with E-state index in [0.29, 0.717) is 27.4 Å². The number of carbonyl (C=O) groups excluding carboxylic acids is 1. The molecule has 0 unspecified atom stereocenters. The molecule has 0 spiro atoms. The fourth-order valence-electron chi connectivity index (χ4n) is 4.03. The molecule has 2 bridgehead atoms. The molecule has 1 N–H and O–H groups in total. The van der Waals surface area contributed by atoms with Gasteiger partial charge < -0.3 is 5.32 Å². The second-order valence-corrected chi connectivity index (χ2v) is 7.98. The van der Waals surface area contributed by atoms with E-state index in [4.69, 9.17) is 0 Å². The molecule has 1 aromatic carbocycles. The lowest BCUT2D eigenvalue weighted by Crippen LogP contribution is -2.62. The first-order valence-electron chi connectivity index (χ1n) is 8.78. The number of hydrogen-bond donors (Lipinski definition) is 1. The molecule has 136 valence electrons. The van der Waals surface area contributed by atoms with Gasteiger partial charge in [0, 0.05) is 29.8 Å². The summed E-state index contributed by atoms with van der Waals surface area (Å²) >= 11 is 1.26. The Morgan fingerprint density at radius 1 is 1.38 bits per heavy atom. The van der Waals surface area contributed by atoms with Gasteiger partial charge in [0.05, 0.1) is 11.1 Å². The lowest BCUT2D eigenvalue weighted by molar-refractivity contribution is -0.384. The summed E-state index contributed by atoms with van der Waals surface area (Å²) in [5, 5.41) is 14.7. The molecule has 2 atom stereocenters. The molecule has 7 nitrogen and oxygen atoms in total. The number of carbonyl (C=O) groups is 1. The van der Waals surface area contributed by atoms with E-state index in [0.717, 1.165) is 25.9 Å². The van der Waals surface area contributed by atoms with Crippen LogP contribution in [-0.4, -0.2) is 45.9 Å². The third-order valence-electron chi connectivity index (χ3n) is 5.51. The smallest absolute Gasteiger partial charge is 0.270 e. The van der Waals surface area contributed by atoms with Crippen molar-refractivity contribution in [2.45, 2.75) is 31.8 Å². The Morgan fingerprint density at radius 3 is 2.85 bits per heavy atom. The van der Waals surface area contributed by atoms with Crippen LogP contribution in [0.4, 0.5) is 5.69 Å². The minimum atomic E-state index is -0.431. The topological polar surface area (TPSA) is 88.4 Å². The van der Waals surface area contributed by atoms with Crippen molar-refractivity contribution in [1.29, 1.82) is 0 Å². The number of thiazole rings is 1. The van der Waals surface area contributed by atoms with Gasteiger partial charge in [-0.15, -0.1) is 11.3 Å². The maximum Gasteiger partial charge on any atom is 0.270 e. The normalized spacial score (nSPS) is 27.3. The van der Waals surface area contributed by atoms with E-state index in [1.54, 1.807) is 18.3 Å². The van der Waals surface area contributed by atoms with Crippen LogP contribution in [0.15, 0.2) is 30.5 Å². The molecule has 1 amide bonds. The first-order valence-corrected chi connectivity index (χ1v) is 9.60. The molecule has 5 rings (SSSR count). The molecule has 3 fully saturated rings. The number of aromatic nitrogens is 1. The Balaban J connectivity index is 1.50. The van der Waals surface area contributed by atoms with Gasteiger partial charge in [0.1, 0.15) is 9.88 Å². The Hall–Kier alpha value is -2.32. The third-order valence-corrected chi connectivity index (χ3v) is 6.55. The number of fused-ring (bicyclic) bond motifs is 3. The van der Waals surface area contributed by atoms with Crippen LogP contribution in [0.2, 0.25) is 0 Å². The molecule has 3 saturated heterocycles. The Kier molecular flexibility index (Phi) is 4.46. The Bertz CT molecular complexity index is 842. The average Bonchev–Trinajstić information content (AvgIpc) is 3.15. The van der Waals surface area contributed by atoms with Gasteiger partial charge >= 0.3 is 0 Å². The van der Waals surface area contributed by atoms with Gasteiger partial charge in [-0.2, -0.15) is 0 Å². The van der Waals surface area contributed by atoms with Crippen LogP contribution < -0.4 is 5.32 Å². The van der Waals surface area contributed by atoms with Crippen molar-refractivity contribution in [3.05, 3.63) is 45.5 Å². The van der Waals surface area contributed by atoms with E-state index < -0.39 is 4.92 Å². The first kappa shape index (κ1) is 17.1. The number of non-ortho nitro benzene ring substituents is 1. The van der Waals surface area contributed by atoms with Crippen LogP contribution in [0.1, 0.15) is 29.4 Å². The van der Waals surface area contributed by atoms with Crippen molar-refractivity contribution in [1.82, 2.24) is 15.2 Å². The quantitative estimate of drug-likeness (QED) is 0.658. The molecule has 26 heavy (non-hydrogen) atoms. The van der Waals surface area contributed by atoms with Crippen molar-refractivity contribution < 1.29 is 9.72 Å². The molecule has 3 aliphatic heterocycles. The number of nitro groups is 1. The van der Waals surface area contributed by atoms with E-state index in [1.807, 2.05) is 0 Å². The van der Waals surface area contributed by atoms with Crippen LogP contribution in [0.25, 0.3) is 10.6 Å². The summed E-state index contributed by atoms with van der Waals surface area (Å²) in [6, 6.07) is 6.85. The Labute approximate surface area is 155 Å². The SMILES string of the molecule is C[C@H]1[C@H](NC(=O)c2cnc(-c3cccc([N+](=O)[O-])c3)s2)C2CCN1CC2. The molecule has 0 saturated carbocycles. The second-order valence-electron chi connectivity index (χ2n) is 6.95. The Morgan fingerprint density at radius 2 is 2.15 bits per heavy atom. The van der Waals surface area contributed by atoms with Gasteiger partial charge in [0.15, 0.2) is 0 Å². The van der Waals surface area contributed by atoms with Crippen LogP contribution in [0.5, 0.6) is 0 Å². The number of benzene rings is 1. The summed E-state index contributed by atoms with van der Waals surface area (Å²) < 4.78 is 0. The molecule has 0 aliphatic carbocycles. The summed E-state index contributed by atoms with van der Waals surface area (Å²) in [6.45, 7) is 4.42. The van der Waals surface area contributed by atoms with E-state index in [1.165, 1.54) is 23.5 Å². The van der Waals surface area contributed by atoms with Gasteiger partial charge in [-0.1, -0.05) is 12.1 Å². The fourth-order valence-corrected chi connectivity index (χ4v) is 4.85. The van der Waals surface area contributed by atoms with Crippen LogP contribution in [-0.2, 0) is 0 Å². The molecule has 0 radical (unpaired) electrons. The van der Waals surface area contributed by atoms with E-state index in [2.05, 4.69) is 22.1 Å². The lowest BCUT2D eigenvalue weighted by Gasteiger charge is -2.49. The predicted octanol–water partition coefficient (Wildman–Crippen LogP) is 2.93. The van der Waals surface area contributed by atoms with Crippen LogP contribution in [0, 0.1) is 16.0 Å². The number of rotatable bonds is 4. The number of amides is 1. The minimum absolute atomic E-state index is 0.0183. The fraction of sp³-hybridized carbons (Fsp3) is 0.444. The number of nitro benzene ring substituents is 1. The zero-order valence-electron chi connectivity index (χ0n) is 14.4. The third kappa shape index (κ3) is 3.10. The van der Waals surface area contributed by atoms with Gasteiger partial charge in [-0.3, -0.25) is 19.8 Å². The highest BCUT2D eigenvalue weighted by molar-refractivity contribution is 7.16. The highest BCUT2D eigenvalue weighted by Gasteiger charge is 2.40. The molecule has 8 heteroatoms. The van der Waals surface area contributed by atoms with Crippen LogP contribution in [0.3, 0.4) is 0 Å². The highest BCUT2D eigenvalue weighted by atomic mass is 32.1. The molecule has 3 aliphatic rings. The van der Waals surface area contributed by atoms with E-state index in [9.17, 15) is 14.9 Å². The van der Waals surface area contributed by atoms with Gasteiger partial charge in [-0.05, 0) is 38.8 Å². The zero-order valence-corrected chi connectivity index (χ0v) is 15.2. The molecule has 2 aromatic rings. The van der Waals surface area contributed by atoms with Crippen molar-refractivity contribution in [2.24, 2.45) is 5.92 Å². The van der Waals surface area contributed by atoms with Crippen molar-refractivity contribution in [2.75, 3.05) is 13.1 Å². The molecular weight excluding hydrogens is 352 g/mol. The monoisotopic (exact) mass is 372 g/mol. The summed E-state index contributed by atoms with van der Waals surface area (Å²) in [6.07, 6.45) is 3.83. The summed E-state index contributed by atoms with van der Waals surface area (Å²) in [5.74, 6) is 0.438. The van der Waals surface area contributed by atoms with Crippen molar-refractivity contribution >= 4 is 22.9 Å². The minimum Gasteiger partial charge on any atom is -0.347 e. The van der Waals surface area contributed by atoms with Crippen molar-refractivity contribution in [3.63, 3.8) is 0 Å². The first-order chi connectivity index (χ1) is 12.5. The average molecular weight is 372 g/mol. The maximum absolute atomic E-state index is 12.7. The standard InChI is InChI=1S/C18H20N4O3S/c1-11-16(12-5-7-21(11)8-6-12)20-17(23)15-10-19-18(26-15)13-3-2-4-14(9-13)22(24)25/h2-4,9-12,16H,5-8H2,1H3,(H,20,23)/t11-,16-/m0/s1. The van der Waals surface area contributed by atoms with Gasteiger partial charge in [-0.25, -0.2) is 4.98 Å². The molecule has 1 aromatic heterocycles. The van der Waals surface area contributed by atoms with E-state index in [-0.39, 0.29) is 17.6 Å². The number of hydrogen-bond acceptors (Lipinski definition) is 6. The number of piperidine rings is 3. The molecule has 4 heterocycles. The van der Waals surface area contributed by atoms with Crippen molar-refractivity contribution in [3.8, 4) is 10.6 Å². The van der Waals surface area contributed by atoms with E-state index >= 15 is 0 Å². The summed E-state index contributed by atoms with van der Waals surface area (Å²) in [4.78, 5) is 30.5. The second kappa shape index (κ2) is 6.77. The maximum atomic E-state index is 12.7. The summed E-state index contributed by atoms with van der Waals surface area (Å²) in [7, 11) is 0. The van der Waals surface area contributed by atoms with Crippen LogP contribution >= 0.6 is 11.3 Å². The predicted molar refractivity (Wildman–Crippen MR) is 99.2 cm³/mol. The van der Waals surface area contributed by atoms with Gasteiger partial charge in [0.25, 0.3) is 11.6 Å². The largest absolute Gasteiger partial charge is 0.347 e. The highest BCUT2D eigenvalue weighted by Crippen LogP contribution is 2.33. The van der Waals surface area contributed by atoms with Gasteiger partial charge in [0.2, 0.25) is 0 Å². The number of nitrogens with one attached hydrogen (secondary N) is 1. The molecular formula is C18H20N4O3S. The number of nitrogens with zero attached hydrogens (tertiary/aromatic N) is 3. The lowest BCUT2D eigenvalue weighted by atomic mass is 9.79.